The van der Waals surface area contributed by atoms with Crippen LogP contribution in [0.25, 0.3) is 0 Å². The standard InChI is InChI=1S/C18H21NO/c1-14-11-15(2)13-17(12-14)20-10-9-19-8-7-16-5-3-4-6-18(16)19/h3-6,11-13H,7-10H2,1-2H3. The van der Waals surface area contributed by atoms with E-state index in [0.29, 0.717) is 0 Å². The van der Waals surface area contributed by atoms with Crippen molar-refractivity contribution in [3.8, 4) is 5.75 Å². The molecule has 0 aliphatic carbocycles. The largest absolute Gasteiger partial charge is 0.492 e. The zero-order chi connectivity index (χ0) is 13.9. The first kappa shape index (κ1) is 13.0. The van der Waals surface area contributed by atoms with Crippen LogP contribution in [-0.4, -0.2) is 19.7 Å². The van der Waals surface area contributed by atoms with Gasteiger partial charge in [-0.15, -0.1) is 0 Å². The number of hydrogen-bond donors (Lipinski definition) is 0. The second-order valence-electron chi connectivity index (χ2n) is 5.54. The fourth-order valence-electron chi connectivity index (χ4n) is 2.93. The summed E-state index contributed by atoms with van der Waals surface area (Å²) in [6.07, 6.45) is 1.15. The van der Waals surface area contributed by atoms with Crippen molar-refractivity contribution < 1.29 is 4.74 Å². The molecule has 0 saturated heterocycles. The van der Waals surface area contributed by atoms with Gasteiger partial charge in [0.1, 0.15) is 12.4 Å². The molecule has 0 saturated carbocycles. The number of rotatable bonds is 4. The smallest absolute Gasteiger partial charge is 0.119 e. The highest BCUT2D eigenvalue weighted by Gasteiger charge is 2.17. The molecule has 2 heteroatoms. The topological polar surface area (TPSA) is 12.5 Å². The highest BCUT2D eigenvalue weighted by Crippen LogP contribution is 2.27. The van der Waals surface area contributed by atoms with Gasteiger partial charge >= 0.3 is 0 Å². The second-order valence-corrected chi connectivity index (χ2v) is 5.54. The molecule has 0 unspecified atom stereocenters. The van der Waals surface area contributed by atoms with E-state index in [4.69, 9.17) is 4.74 Å². The molecule has 2 aromatic rings. The Kier molecular flexibility index (Phi) is 3.64. The van der Waals surface area contributed by atoms with Gasteiger partial charge in [-0.3, -0.25) is 0 Å². The average molecular weight is 267 g/mol. The van der Waals surface area contributed by atoms with Gasteiger partial charge in [-0.25, -0.2) is 0 Å². The van der Waals surface area contributed by atoms with Crippen molar-refractivity contribution in [2.45, 2.75) is 20.3 Å². The first-order valence-electron chi connectivity index (χ1n) is 7.26. The molecule has 104 valence electrons. The number of nitrogens with zero attached hydrogens (tertiary/aromatic N) is 1. The zero-order valence-electron chi connectivity index (χ0n) is 12.2. The molecule has 0 atom stereocenters. The molecule has 0 aromatic heterocycles. The Morgan fingerprint density at radius 2 is 1.80 bits per heavy atom. The number of ether oxygens (including phenoxy) is 1. The highest BCUT2D eigenvalue weighted by molar-refractivity contribution is 5.57. The van der Waals surface area contributed by atoms with Gasteiger partial charge in [-0.05, 0) is 55.2 Å². The zero-order valence-corrected chi connectivity index (χ0v) is 12.2. The van der Waals surface area contributed by atoms with E-state index in [1.54, 1.807) is 0 Å². The van der Waals surface area contributed by atoms with Gasteiger partial charge in [0.25, 0.3) is 0 Å². The van der Waals surface area contributed by atoms with Crippen molar-refractivity contribution in [1.82, 2.24) is 0 Å². The van der Waals surface area contributed by atoms with Crippen LogP contribution < -0.4 is 9.64 Å². The van der Waals surface area contributed by atoms with Crippen LogP contribution in [0.5, 0.6) is 5.75 Å². The van der Waals surface area contributed by atoms with Crippen LogP contribution in [0.15, 0.2) is 42.5 Å². The molecule has 0 radical (unpaired) electrons. The summed E-state index contributed by atoms with van der Waals surface area (Å²) in [5.74, 6) is 0.981. The van der Waals surface area contributed by atoms with Crippen molar-refractivity contribution in [2.24, 2.45) is 0 Å². The fourth-order valence-corrected chi connectivity index (χ4v) is 2.93. The SMILES string of the molecule is Cc1cc(C)cc(OCCN2CCc3ccccc32)c1. The third-order valence-corrected chi connectivity index (χ3v) is 3.81. The van der Waals surface area contributed by atoms with E-state index >= 15 is 0 Å². The van der Waals surface area contributed by atoms with Crippen molar-refractivity contribution >= 4 is 5.69 Å². The minimum atomic E-state index is 0.733. The van der Waals surface area contributed by atoms with E-state index < -0.39 is 0 Å². The van der Waals surface area contributed by atoms with Crippen LogP contribution in [-0.2, 0) is 6.42 Å². The van der Waals surface area contributed by atoms with Gasteiger partial charge in [0.2, 0.25) is 0 Å². The van der Waals surface area contributed by atoms with Crippen molar-refractivity contribution in [2.75, 3.05) is 24.6 Å². The number of hydrogen-bond acceptors (Lipinski definition) is 2. The predicted molar refractivity (Wildman–Crippen MR) is 83.8 cm³/mol. The van der Waals surface area contributed by atoms with Crippen LogP contribution in [0.3, 0.4) is 0 Å². The van der Waals surface area contributed by atoms with E-state index in [1.807, 2.05) is 0 Å². The van der Waals surface area contributed by atoms with E-state index in [0.717, 1.165) is 31.9 Å². The Hall–Kier alpha value is -1.96. The van der Waals surface area contributed by atoms with E-state index in [1.165, 1.54) is 22.4 Å². The summed E-state index contributed by atoms with van der Waals surface area (Å²) in [5.41, 5.74) is 5.34. The lowest BCUT2D eigenvalue weighted by molar-refractivity contribution is 0.324. The molecule has 0 N–H and O–H groups in total. The second kappa shape index (κ2) is 5.58. The molecular formula is C18H21NO. The predicted octanol–water partition coefficient (Wildman–Crippen LogP) is 3.74. The van der Waals surface area contributed by atoms with Gasteiger partial charge in [0, 0.05) is 12.2 Å². The summed E-state index contributed by atoms with van der Waals surface area (Å²) in [7, 11) is 0. The molecule has 20 heavy (non-hydrogen) atoms. The number of para-hydroxylation sites is 1. The lowest BCUT2D eigenvalue weighted by atomic mass is 10.1. The number of benzene rings is 2. The molecule has 2 nitrogen and oxygen atoms in total. The van der Waals surface area contributed by atoms with Gasteiger partial charge in [-0.1, -0.05) is 24.3 Å². The average Bonchev–Trinajstić information content (AvgIpc) is 2.81. The summed E-state index contributed by atoms with van der Waals surface area (Å²) >= 11 is 0. The normalized spacial score (nSPS) is 13.4. The molecule has 0 fully saturated rings. The van der Waals surface area contributed by atoms with Crippen LogP contribution >= 0.6 is 0 Å². The Balaban J connectivity index is 1.59. The molecule has 0 spiro atoms. The summed E-state index contributed by atoms with van der Waals surface area (Å²) in [4.78, 5) is 2.41. The third kappa shape index (κ3) is 2.79. The maximum atomic E-state index is 5.90. The first-order valence-corrected chi connectivity index (χ1v) is 7.26. The Bertz CT molecular complexity index is 586. The number of fused-ring (bicyclic) bond motifs is 1. The minimum absolute atomic E-state index is 0.733. The van der Waals surface area contributed by atoms with Crippen LogP contribution in [0.4, 0.5) is 5.69 Å². The molecule has 0 bridgehead atoms. The summed E-state index contributed by atoms with van der Waals surface area (Å²) in [6.45, 7) is 7.00. The summed E-state index contributed by atoms with van der Waals surface area (Å²) in [6, 6.07) is 15.0. The minimum Gasteiger partial charge on any atom is -0.492 e. The van der Waals surface area contributed by atoms with Crippen LogP contribution in [0.1, 0.15) is 16.7 Å². The van der Waals surface area contributed by atoms with Crippen LogP contribution in [0, 0.1) is 13.8 Å². The molecule has 1 aliphatic heterocycles. The van der Waals surface area contributed by atoms with E-state index in [9.17, 15) is 0 Å². The number of anilines is 1. The molecule has 0 amide bonds. The summed E-state index contributed by atoms with van der Waals surface area (Å²) < 4.78 is 5.90. The monoisotopic (exact) mass is 267 g/mol. The lowest BCUT2D eigenvalue weighted by Gasteiger charge is -2.19. The molecular weight excluding hydrogens is 246 g/mol. The highest BCUT2D eigenvalue weighted by atomic mass is 16.5. The van der Waals surface area contributed by atoms with Gasteiger partial charge in [0.05, 0.1) is 6.54 Å². The lowest BCUT2D eigenvalue weighted by Crippen LogP contribution is -2.26. The Morgan fingerprint density at radius 3 is 2.60 bits per heavy atom. The molecule has 2 aromatic carbocycles. The van der Waals surface area contributed by atoms with Crippen molar-refractivity contribution in [3.63, 3.8) is 0 Å². The van der Waals surface area contributed by atoms with Gasteiger partial charge in [-0.2, -0.15) is 0 Å². The van der Waals surface area contributed by atoms with Crippen molar-refractivity contribution in [1.29, 1.82) is 0 Å². The molecule has 1 heterocycles. The van der Waals surface area contributed by atoms with Crippen molar-refractivity contribution in [3.05, 3.63) is 59.2 Å². The Labute approximate surface area is 121 Å². The van der Waals surface area contributed by atoms with E-state index in [2.05, 4.69) is 61.2 Å². The van der Waals surface area contributed by atoms with Gasteiger partial charge < -0.3 is 9.64 Å². The maximum Gasteiger partial charge on any atom is 0.119 e. The van der Waals surface area contributed by atoms with Crippen LogP contribution in [0.2, 0.25) is 0 Å². The summed E-state index contributed by atoms with van der Waals surface area (Å²) in [5, 5.41) is 0. The number of aryl methyl sites for hydroxylation is 2. The first-order chi connectivity index (χ1) is 9.72. The van der Waals surface area contributed by atoms with E-state index in [-0.39, 0.29) is 0 Å². The Morgan fingerprint density at radius 1 is 1.05 bits per heavy atom. The molecule has 3 rings (SSSR count). The quantitative estimate of drug-likeness (QED) is 0.836. The third-order valence-electron chi connectivity index (χ3n) is 3.81. The maximum absolute atomic E-state index is 5.90. The van der Waals surface area contributed by atoms with Gasteiger partial charge in [0.15, 0.2) is 0 Å². The fraction of sp³-hybridized carbons (Fsp3) is 0.333. The molecule has 1 aliphatic rings.